The standard InChI is InChI=1S/C50H30/c1-5-35-31-43(39-15-11-9-12-16-39)23-27-47(35)49-29-25-45(33-37(49)7-3)41-19-21-42(22-20-41)46-26-30-50(38(8-4)34-46)48-28-24-44(32-36(48)6-2)40-17-13-10-14-18-40/h1-4,9-34H. The van der Waals surface area contributed by atoms with Crippen LogP contribution in [0.3, 0.4) is 0 Å². The largest absolute Gasteiger partial charge is 0.115 e. The summed E-state index contributed by atoms with van der Waals surface area (Å²) in [6.45, 7) is 0. The summed E-state index contributed by atoms with van der Waals surface area (Å²) in [6, 6.07) is 53.6. The lowest BCUT2D eigenvalue weighted by Crippen LogP contribution is -1.92. The van der Waals surface area contributed by atoms with Crippen LogP contribution in [0.1, 0.15) is 22.3 Å². The molecule has 230 valence electrons. The van der Waals surface area contributed by atoms with E-state index in [9.17, 15) is 0 Å². The van der Waals surface area contributed by atoms with E-state index in [1.165, 1.54) is 0 Å². The number of terminal acetylenes is 4. The predicted octanol–water partition coefficient (Wildman–Crippen LogP) is 11.6. The molecule has 0 heteroatoms. The zero-order valence-corrected chi connectivity index (χ0v) is 27.3. The van der Waals surface area contributed by atoms with Crippen LogP contribution in [0, 0.1) is 49.4 Å². The Balaban J connectivity index is 1.16. The molecule has 7 aromatic rings. The Hall–Kier alpha value is -7.22. The highest BCUT2D eigenvalue weighted by Crippen LogP contribution is 2.36. The number of benzene rings is 7. The first-order chi connectivity index (χ1) is 24.6. The van der Waals surface area contributed by atoms with Gasteiger partial charge in [0.15, 0.2) is 0 Å². The average molecular weight is 631 g/mol. The summed E-state index contributed by atoms with van der Waals surface area (Å²) in [5.41, 5.74) is 15.5. The van der Waals surface area contributed by atoms with Crippen LogP contribution >= 0.6 is 0 Å². The SMILES string of the molecule is C#Cc1cc(-c2ccccc2)ccc1-c1ccc(-c2ccc(-c3ccc(-c4ccc(-c5ccccc5)cc4C#C)c(C#C)c3)cc2)cc1C#C. The molecule has 0 amide bonds. The topological polar surface area (TPSA) is 0 Å². The van der Waals surface area contributed by atoms with E-state index in [2.05, 4.69) is 121 Å². The lowest BCUT2D eigenvalue weighted by Gasteiger charge is -2.13. The fourth-order valence-electron chi connectivity index (χ4n) is 6.43. The highest BCUT2D eigenvalue weighted by atomic mass is 14.2. The third-order valence-corrected chi connectivity index (χ3v) is 9.05. The Morgan fingerprint density at radius 3 is 0.700 bits per heavy atom. The molecule has 7 aromatic carbocycles. The van der Waals surface area contributed by atoms with E-state index in [0.717, 1.165) is 89.0 Å². The summed E-state index contributed by atoms with van der Waals surface area (Å²) in [6.07, 6.45) is 24.1. The van der Waals surface area contributed by atoms with E-state index in [4.69, 9.17) is 25.7 Å². The van der Waals surface area contributed by atoms with Crippen molar-refractivity contribution in [3.8, 4) is 116 Å². The van der Waals surface area contributed by atoms with Crippen molar-refractivity contribution in [1.29, 1.82) is 0 Å². The van der Waals surface area contributed by atoms with Crippen molar-refractivity contribution < 1.29 is 0 Å². The number of rotatable bonds is 6. The van der Waals surface area contributed by atoms with Crippen LogP contribution in [-0.2, 0) is 0 Å². The van der Waals surface area contributed by atoms with Gasteiger partial charge in [0, 0.05) is 22.3 Å². The molecule has 0 bridgehead atoms. The van der Waals surface area contributed by atoms with Crippen LogP contribution in [-0.4, -0.2) is 0 Å². The van der Waals surface area contributed by atoms with Gasteiger partial charge in [0.1, 0.15) is 0 Å². The molecule has 7 rings (SSSR count). The van der Waals surface area contributed by atoms with E-state index in [1.54, 1.807) is 0 Å². The van der Waals surface area contributed by atoms with Crippen LogP contribution in [0.25, 0.3) is 66.8 Å². The van der Waals surface area contributed by atoms with Crippen molar-refractivity contribution in [3.63, 3.8) is 0 Å². The Morgan fingerprint density at radius 2 is 0.460 bits per heavy atom. The maximum Gasteiger partial charge on any atom is 0.0327 e. The van der Waals surface area contributed by atoms with Gasteiger partial charge in [-0.2, -0.15) is 0 Å². The summed E-state index contributed by atoms with van der Waals surface area (Å²) < 4.78 is 0. The molecule has 0 fully saturated rings. The molecule has 0 N–H and O–H groups in total. The molecular weight excluding hydrogens is 601 g/mol. The Bertz CT molecular complexity index is 2360. The molecule has 0 aliphatic heterocycles. The summed E-state index contributed by atoms with van der Waals surface area (Å²) in [4.78, 5) is 0. The average Bonchev–Trinajstić information content (AvgIpc) is 3.20. The molecule has 0 spiro atoms. The predicted molar refractivity (Wildman–Crippen MR) is 211 cm³/mol. The van der Waals surface area contributed by atoms with Crippen molar-refractivity contribution >= 4 is 0 Å². The van der Waals surface area contributed by atoms with Gasteiger partial charge in [-0.3, -0.25) is 0 Å². The van der Waals surface area contributed by atoms with Crippen molar-refractivity contribution in [1.82, 2.24) is 0 Å². The normalized spacial score (nSPS) is 10.3. The van der Waals surface area contributed by atoms with E-state index in [0.29, 0.717) is 0 Å². The minimum atomic E-state index is 0.785. The first-order valence-electron chi connectivity index (χ1n) is 16.2. The summed E-state index contributed by atoms with van der Waals surface area (Å²) in [7, 11) is 0. The maximum absolute atomic E-state index is 6.05. The summed E-state index contributed by atoms with van der Waals surface area (Å²) in [5, 5.41) is 0. The molecule has 0 aliphatic carbocycles. The smallest absolute Gasteiger partial charge is 0.0327 e. The first kappa shape index (κ1) is 31.4. The van der Waals surface area contributed by atoms with Gasteiger partial charge < -0.3 is 0 Å². The first-order valence-corrected chi connectivity index (χ1v) is 16.2. The molecule has 0 nitrogen and oxygen atoms in total. The second kappa shape index (κ2) is 13.9. The van der Waals surface area contributed by atoms with E-state index in [1.807, 2.05) is 60.7 Å². The third kappa shape index (κ3) is 6.11. The molecule has 50 heavy (non-hydrogen) atoms. The summed E-state index contributed by atoms with van der Waals surface area (Å²) >= 11 is 0. The molecule has 0 radical (unpaired) electrons. The molecule has 0 saturated heterocycles. The molecule has 0 aliphatic rings. The van der Waals surface area contributed by atoms with Crippen LogP contribution in [0.15, 0.2) is 158 Å². The van der Waals surface area contributed by atoms with Gasteiger partial charge in [-0.15, -0.1) is 25.7 Å². The highest BCUT2D eigenvalue weighted by Gasteiger charge is 2.14. The minimum Gasteiger partial charge on any atom is -0.115 e. The Labute approximate surface area is 295 Å². The quantitative estimate of drug-likeness (QED) is 0.160. The zero-order valence-electron chi connectivity index (χ0n) is 27.3. The molecule has 0 saturated carbocycles. The molecule has 0 aromatic heterocycles. The third-order valence-electron chi connectivity index (χ3n) is 9.05. The molecule has 0 heterocycles. The van der Waals surface area contributed by atoms with E-state index in [-0.39, 0.29) is 0 Å². The monoisotopic (exact) mass is 630 g/mol. The minimum absolute atomic E-state index is 0.785. The second-order valence-electron chi connectivity index (χ2n) is 11.9. The number of hydrogen-bond donors (Lipinski definition) is 0. The van der Waals surface area contributed by atoms with Crippen LogP contribution in [0.2, 0.25) is 0 Å². The van der Waals surface area contributed by atoms with Crippen LogP contribution < -0.4 is 0 Å². The van der Waals surface area contributed by atoms with Gasteiger partial charge in [0.25, 0.3) is 0 Å². The van der Waals surface area contributed by atoms with Crippen LogP contribution in [0.4, 0.5) is 0 Å². The Morgan fingerprint density at radius 1 is 0.240 bits per heavy atom. The fraction of sp³-hybridized carbons (Fsp3) is 0. The lowest BCUT2D eigenvalue weighted by atomic mass is 9.90. The van der Waals surface area contributed by atoms with E-state index < -0.39 is 0 Å². The zero-order chi connectivity index (χ0) is 34.5. The van der Waals surface area contributed by atoms with Crippen molar-refractivity contribution in [2.24, 2.45) is 0 Å². The number of hydrogen-bond acceptors (Lipinski definition) is 0. The van der Waals surface area contributed by atoms with Crippen LogP contribution in [0.5, 0.6) is 0 Å². The highest BCUT2D eigenvalue weighted by molar-refractivity contribution is 5.85. The second-order valence-corrected chi connectivity index (χ2v) is 11.9. The molecular formula is C50H30. The Kier molecular flexibility index (Phi) is 8.70. The van der Waals surface area contributed by atoms with Gasteiger partial charge >= 0.3 is 0 Å². The fourth-order valence-corrected chi connectivity index (χ4v) is 6.43. The lowest BCUT2D eigenvalue weighted by molar-refractivity contribution is 1.52. The molecule has 0 unspecified atom stereocenters. The van der Waals surface area contributed by atoms with Gasteiger partial charge in [0.2, 0.25) is 0 Å². The van der Waals surface area contributed by atoms with Gasteiger partial charge in [-0.1, -0.05) is 157 Å². The van der Waals surface area contributed by atoms with Gasteiger partial charge in [-0.05, 0) is 91.0 Å². The van der Waals surface area contributed by atoms with Crippen molar-refractivity contribution in [2.75, 3.05) is 0 Å². The van der Waals surface area contributed by atoms with Gasteiger partial charge in [-0.25, -0.2) is 0 Å². The van der Waals surface area contributed by atoms with Crippen molar-refractivity contribution in [3.05, 3.63) is 180 Å². The van der Waals surface area contributed by atoms with E-state index >= 15 is 0 Å². The van der Waals surface area contributed by atoms with Crippen molar-refractivity contribution in [2.45, 2.75) is 0 Å². The maximum atomic E-state index is 6.05. The van der Waals surface area contributed by atoms with Gasteiger partial charge in [0.05, 0.1) is 0 Å². The summed E-state index contributed by atoms with van der Waals surface area (Å²) in [5.74, 6) is 11.5. The molecule has 0 atom stereocenters.